The van der Waals surface area contributed by atoms with E-state index in [-0.39, 0.29) is 0 Å². The molecule has 7 nitrogen and oxygen atoms in total. The third kappa shape index (κ3) is 7.81. The molecule has 0 saturated heterocycles. The van der Waals surface area contributed by atoms with Crippen LogP contribution in [0.25, 0.3) is 21.8 Å². The van der Waals surface area contributed by atoms with Crippen LogP contribution in [0.3, 0.4) is 0 Å². The van der Waals surface area contributed by atoms with Crippen molar-refractivity contribution in [1.29, 1.82) is 0 Å². The van der Waals surface area contributed by atoms with Gasteiger partial charge in [-0.1, -0.05) is 223 Å². The Hall–Kier alpha value is -7.11. The van der Waals surface area contributed by atoms with Crippen molar-refractivity contribution in [3.8, 4) is 11.6 Å². The summed E-state index contributed by atoms with van der Waals surface area (Å²) in [7, 11) is 0. The number of rotatable bonds is 10. The van der Waals surface area contributed by atoms with Gasteiger partial charge in [-0.3, -0.25) is 0 Å². The van der Waals surface area contributed by atoms with Gasteiger partial charge in [0.05, 0.1) is 21.8 Å². The minimum atomic E-state index is -0.801. The summed E-state index contributed by atoms with van der Waals surface area (Å²) < 4.78 is 11.3. The molecule has 320 valence electrons. The molecule has 11 rings (SSSR count). The van der Waals surface area contributed by atoms with Crippen LogP contribution < -0.4 is 4.74 Å². The molecular weight excluding hydrogens is 970 g/mol. The molecule has 0 N–H and O–H groups in total. The molecule has 66 heavy (non-hydrogen) atoms. The first-order valence-electron chi connectivity index (χ1n) is 21.3. The number of pyridine rings is 2. The number of aromatic nitrogens is 6. The highest BCUT2D eigenvalue weighted by Gasteiger charge is 2.42. The molecule has 0 atom stereocenters. The van der Waals surface area contributed by atoms with Crippen LogP contribution in [0.1, 0.15) is 33.4 Å². The fraction of sp³-hybridized carbons (Fsp3) is 0.0357. The largest absolute Gasteiger partial charge is 0.437 e. The third-order valence-corrected chi connectivity index (χ3v) is 12.9. The minimum Gasteiger partial charge on any atom is -0.437 e. The van der Waals surface area contributed by atoms with Crippen LogP contribution in [0.5, 0.6) is 11.6 Å². The number of hydrogen-bond acceptors (Lipinski definition) is 5. The Morgan fingerprint density at radius 1 is 0.394 bits per heavy atom. The number of nitrogens with zero attached hydrogens (tertiary/aromatic N) is 6. The average Bonchev–Trinajstić information content (AvgIpc) is 3.90. The molecule has 0 aliphatic heterocycles. The molecule has 0 unspecified atom stereocenters. The minimum absolute atomic E-state index is 0.387. The van der Waals surface area contributed by atoms with Gasteiger partial charge in [-0.2, -0.15) is 5.10 Å². The lowest BCUT2D eigenvalue weighted by molar-refractivity contribution is 0.420. The zero-order chi connectivity index (χ0) is 44.9. The van der Waals surface area contributed by atoms with Gasteiger partial charge in [0.1, 0.15) is 30.8 Å². The summed E-state index contributed by atoms with van der Waals surface area (Å²) in [6.07, 6.45) is 3.53. The number of benzene rings is 7. The first kappa shape index (κ1) is 42.8. The Bertz CT molecular complexity index is 3170. The van der Waals surface area contributed by atoms with Crippen molar-refractivity contribution in [1.82, 2.24) is 29.5 Å². The van der Waals surface area contributed by atoms with Crippen LogP contribution >= 0.6 is 45.8 Å². The van der Waals surface area contributed by atoms with Crippen LogP contribution in [-0.2, 0) is 11.1 Å². The number of ether oxygens (including phenoxy) is 1. The topological polar surface area (TPSA) is 70.7 Å². The summed E-state index contributed by atoms with van der Waals surface area (Å²) in [5.74, 6) is 1.16. The third-order valence-electron chi connectivity index (χ3n) is 11.7. The molecule has 0 spiro atoms. The fourth-order valence-corrected chi connectivity index (χ4v) is 9.84. The second-order valence-electron chi connectivity index (χ2n) is 15.5. The van der Waals surface area contributed by atoms with E-state index in [1.807, 2.05) is 83.5 Å². The van der Waals surface area contributed by atoms with Gasteiger partial charge in [0, 0.05) is 24.5 Å². The number of halogens is 3. The Balaban J connectivity index is 0.000000158. The fourth-order valence-electron chi connectivity index (χ4n) is 8.91. The van der Waals surface area contributed by atoms with Crippen molar-refractivity contribution in [3.05, 3.63) is 284 Å². The van der Waals surface area contributed by atoms with Crippen molar-refractivity contribution in [3.63, 3.8) is 0 Å². The van der Waals surface area contributed by atoms with E-state index in [4.69, 9.17) is 38.1 Å². The molecule has 0 radical (unpaired) electrons. The summed E-state index contributed by atoms with van der Waals surface area (Å²) >= 11 is 15.1. The van der Waals surface area contributed by atoms with Crippen molar-refractivity contribution in [2.24, 2.45) is 0 Å². The molecule has 0 aliphatic rings. The lowest BCUT2D eigenvalue weighted by atomic mass is 9.77. The Morgan fingerprint density at radius 3 is 1.06 bits per heavy atom. The monoisotopic (exact) mass is 1010 g/mol. The first-order valence-corrected chi connectivity index (χ1v) is 23.1. The number of fused-ring (bicyclic) bond motifs is 2. The maximum atomic E-state index is 6.46. The highest BCUT2D eigenvalue weighted by molar-refractivity contribution is 14.1. The lowest BCUT2D eigenvalue weighted by Gasteiger charge is -2.37. The van der Waals surface area contributed by atoms with Crippen molar-refractivity contribution in [2.75, 3.05) is 0 Å². The van der Waals surface area contributed by atoms with Gasteiger partial charge in [-0.15, -0.1) is 5.10 Å². The maximum Gasteiger partial charge on any atom is 0.247 e. The molecule has 7 aromatic carbocycles. The van der Waals surface area contributed by atoms with E-state index in [0.717, 1.165) is 58.9 Å². The highest BCUT2D eigenvalue weighted by Crippen LogP contribution is 2.45. The van der Waals surface area contributed by atoms with Crippen molar-refractivity contribution in [2.45, 2.75) is 11.1 Å². The van der Waals surface area contributed by atoms with E-state index < -0.39 is 11.1 Å². The SMILES string of the molecule is Clc1cc2c(cn1)c(I)nn2C(c1ccccc1)(c1ccccc1)c1ccccc1.Clc1cc2c(cn1)c(Oc1ccccc1)nn2C(c1ccccc1)(c1ccccc1)c1ccccc1. The summed E-state index contributed by atoms with van der Waals surface area (Å²) in [6.45, 7) is 0. The Morgan fingerprint density at radius 2 is 0.697 bits per heavy atom. The van der Waals surface area contributed by atoms with Gasteiger partial charge >= 0.3 is 0 Å². The van der Waals surface area contributed by atoms with Gasteiger partial charge in [0.25, 0.3) is 0 Å². The van der Waals surface area contributed by atoms with Crippen LogP contribution in [-0.4, -0.2) is 29.5 Å². The lowest BCUT2D eigenvalue weighted by Crippen LogP contribution is -2.38. The molecule has 10 heteroatoms. The van der Waals surface area contributed by atoms with E-state index >= 15 is 0 Å². The predicted molar refractivity (Wildman–Crippen MR) is 274 cm³/mol. The summed E-state index contributed by atoms with van der Waals surface area (Å²) in [5, 5.41) is 12.7. The molecule has 11 aromatic rings. The van der Waals surface area contributed by atoms with Crippen LogP contribution in [0.4, 0.5) is 0 Å². The average molecular weight is 1010 g/mol. The summed E-state index contributed by atoms with van der Waals surface area (Å²) in [5.41, 5.74) is 6.83. The Labute approximate surface area is 406 Å². The second-order valence-corrected chi connectivity index (χ2v) is 17.3. The van der Waals surface area contributed by atoms with Gasteiger partial charge in [0.15, 0.2) is 0 Å². The first-order chi connectivity index (χ1) is 32.5. The number of hydrogen-bond donors (Lipinski definition) is 0. The molecule has 0 fully saturated rings. The zero-order valence-electron chi connectivity index (χ0n) is 35.2. The van der Waals surface area contributed by atoms with Gasteiger partial charge in [0.2, 0.25) is 5.88 Å². The van der Waals surface area contributed by atoms with Gasteiger partial charge in [-0.05, 0) is 68.1 Å². The molecule has 0 amide bonds. The van der Waals surface area contributed by atoms with Crippen molar-refractivity contribution < 1.29 is 4.74 Å². The molecule has 4 heterocycles. The number of para-hydroxylation sites is 1. The van der Waals surface area contributed by atoms with E-state index in [1.165, 1.54) is 0 Å². The van der Waals surface area contributed by atoms with Crippen LogP contribution in [0.2, 0.25) is 10.3 Å². The highest BCUT2D eigenvalue weighted by atomic mass is 127. The Kier molecular flexibility index (Phi) is 12.2. The summed E-state index contributed by atoms with van der Waals surface area (Å²) in [4.78, 5) is 8.64. The zero-order valence-corrected chi connectivity index (χ0v) is 38.9. The molecule has 0 aliphatic carbocycles. The van der Waals surface area contributed by atoms with Gasteiger partial charge in [-0.25, -0.2) is 19.3 Å². The normalized spacial score (nSPS) is 11.6. The van der Waals surface area contributed by atoms with E-state index in [2.05, 4.69) is 183 Å². The predicted octanol–water partition coefficient (Wildman–Crippen LogP) is 14.2. The smallest absolute Gasteiger partial charge is 0.247 e. The maximum absolute atomic E-state index is 6.46. The van der Waals surface area contributed by atoms with Gasteiger partial charge < -0.3 is 4.74 Å². The summed E-state index contributed by atoms with van der Waals surface area (Å²) in [6, 6.07) is 76.1. The van der Waals surface area contributed by atoms with Crippen LogP contribution in [0.15, 0.2) is 237 Å². The molecule has 0 saturated carbocycles. The van der Waals surface area contributed by atoms with E-state index in [9.17, 15) is 0 Å². The molecule has 4 aromatic heterocycles. The molecular formula is C56H39Cl2IN6O. The van der Waals surface area contributed by atoms with Crippen LogP contribution in [0, 0.1) is 3.70 Å². The van der Waals surface area contributed by atoms with E-state index in [1.54, 1.807) is 12.4 Å². The van der Waals surface area contributed by atoms with Crippen molar-refractivity contribution >= 4 is 67.6 Å². The second kappa shape index (κ2) is 18.8. The quantitative estimate of drug-likeness (QED) is 0.0775. The standard InChI is InChI=1S/C31H22ClN3O.C25H17ClIN3/c32-29-21-28-27(22-33-29)30(36-26-19-11-4-12-20-26)34-35(28)31(23-13-5-1-6-14-23,24-15-7-2-8-16-24)25-17-9-3-10-18-25;26-23-16-22-21(17-28-23)24(27)29-30(22)25(18-10-4-1-5-11-18,19-12-6-2-7-13-19)20-14-8-3-9-15-20/h1-22H;1-17H. The van der Waals surface area contributed by atoms with E-state index in [0.29, 0.717) is 21.9 Å². The molecule has 0 bridgehead atoms.